The zero-order chi connectivity index (χ0) is 13.1. The molecule has 1 saturated heterocycles. The molecule has 1 aromatic carbocycles. The Morgan fingerprint density at radius 2 is 1.89 bits per heavy atom. The number of hydrogen-bond acceptors (Lipinski definition) is 3. The van der Waals surface area contributed by atoms with E-state index in [-0.39, 0.29) is 0 Å². The smallest absolute Gasteiger partial charge is 0.0539 e. The number of hydrogen-bond donors (Lipinski definition) is 1. The van der Waals surface area contributed by atoms with Crippen LogP contribution in [-0.2, 0) is 13.6 Å². The van der Waals surface area contributed by atoms with E-state index >= 15 is 0 Å². The van der Waals surface area contributed by atoms with Crippen LogP contribution in [0.2, 0.25) is 0 Å². The normalized spacial score (nSPS) is 14.9. The highest BCUT2D eigenvalue weighted by Crippen LogP contribution is 2.22. The summed E-state index contributed by atoms with van der Waals surface area (Å²) < 4.78 is 1.83. The lowest BCUT2D eigenvalue weighted by atomic mass is 10.2. The van der Waals surface area contributed by atoms with Crippen molar-refractivity contribution in [2.75, 3.05) is 23.3 Å². The van der Waals surface area contributed by atoms with E-state index in [2.05, 4.69) is 39.6 Å². The highest BCUT2D eigenvalue weighted by Gasteiger charge is 2.11. The second kappa shape index (κ2) is 5.34. The summed E-state index contributed by atoms with van der Waals surface area (Å²) in [6.07, 6.45) is 6.57. The van der Waals surface area contributed by atoms with E-state index in [4.69, 9.17) is 0 Å². The number of nitrogens with one attached hydrogen (secondary N) is 1. The molecule has 1 aliphatic heterocycles. The van der Waals surface area contributed by atoms with E-state index in [9.17, 15) is 0 Å². The van der Waals surface area contributed by atoms with Crippen LogP contribution in [-0.4, -0.2) is 22.9 Å². The average molecular weight is 256 g/mol. The molecule has 0 bridgehead atoms. The van der Waals surface area contributed by atoms with Crippen molar-refractivity contribution in [3.63, 3.8) is 0 Å². The van der Waals surface area contributed by atoms with Crippen molar-refractivity contribution < 1.29 is 0 Å². The second-order valence-electron chi connectivity index (χ2n) is 5.12. The van der Waals surface area contributed by atoms with Crippen molar-refractivity contribution in [1.82, 2.24) is 9.78 Å². The molecule has 0 spiro atoms. The van der Waals surface area contributed by atoms with Gasteiger partial charge in [-0.25, -0.2) is 0 Å². The molecule has 4 heteroatoms. The Hall–Kier alpha value is -1.97. The Morgan fingerprint density at radius 3 is 2.53 bits per heavy atom. The number of benzene rings is 1. The van der Waals surface area contributed by atoms with Crippen LogP contribution in [0.5, 0.6) is 0 Å². The van der Waals surface area contributed by atoms with Gasteiger partial charge >= 0.3 is 0 Å². The van der Waals surface area contributed by atoms with Crippen LogP contribution in [0, 0.1) is 0 Å². The molecule has 1 aromatic heterocycles. The summed E-state index contributed by atoms with van der Waals surface area (Å²) in [4.78, 5) is 2.45. The monoisotopic (exact) mass is 256 g/mol. The van der Waals surface area contributed by atoms with Gasteiger partial charge in [0.05, 0.1) is 6.20 Å². The van der Waals surface area contributed by atoms with Gasteiger partial charge in [-0.15, -0.1) is 0 Å². The number of aromatic nitrogens is 2. The SMILES string of the molecule is Cn1cc(CNc2ccc(N3CCCC3)cc2)cn1. The first-order valence-electron chi connectivity index (χ1n) is 6.88. The molecule has 3 rings (SSSR count). The summed E-state index contributed by atoms with van der Waals surface area (Å²) in [7, 11) is 1.94. The van der Waals surface area contributed by atoms with Crippen LogP contribution in [0.3, 0.4) is 0 Å². The molecular formula is C15H20N4. The lowest BCUT2D eigenvalue weighted by Crippen LogP contribution is -2.17. The Balaban J connectivity index is 1.59. The summed E-state index contributed by atoms with van der Waals surface area (Å²) in [5, 5.41) is 7.59. The molecule has 2 heterocycles. The molecule has 0 aliphatic carbocycles. The summed E-state index contributed by atoms with van der Waals surface area (Å²) in [6, 6.07) is 8.72. The summed E-state index contributed by atoms with van der Waals surface area (Å²) in [5.41, 5.74) is 3.70. The largest absolute Gasteiger partial charge is 0.381 e. The Bertz CT molecular complexity index is 523. The highest BCUT2D eigenvalue weighted by atomic mass is 15.2. The number of rotatable bonds is 4. The zero-order valence-electron chi connectivity index (χ0n) is 11.3. The van der Waals surface area contributed by atoms with Crippen LogP contribution in [0.15, 0.2) is 36.7 Å². The topological polar surface area (TPSA) is 33.1 Å². The van der Waals surface area contributed by atoms with Crippen molar-refractivity contribution >= 4 is 11.4 Å². The molecule has 0 amide bonds. The van der Waals surface area contributed by atoms with Crippen molar-refractivity contribution in [2.45, 2.75) is 19.4 Å². The quantitative estimate of drug-likeness (QED) is 0.913. The fourth-order valence-electron chi connectivity index (χ4n) is 2.53. The highest BCUT2D eigenvalue weighted by molar-refractivity contribution is 5.55. The minimum atomic E-state index is 0.816. The van der Waals surface area contributed by atoms with Crippen molar-refractivity contribution in [3.05, 3.63) is 42.2 Å². The molecule has 1 N–H and O–H groups in total. The van der Waals surface area contributed by atoms with Gasteiger partial charge in [-0.1, -0.05) is 0 Å². The molecule has 100 valence electrons. The van der Waals surface area contributed by atoms with Crippen LogP contribution in [0.25, 0.3) is 0 Å². The predicted octanol–water partition coefficient (Wildman–Crippen LogP) is 2.63. The maximum absolute atomic E-state index is 4.17. The van der Waals surface area contributed by atoms with Crippen molar-refractivity contribution in [2.24, 2.45) is 7.05 Å². The second-order valence-corrected chi connectivity index (χ2v) is 5.12. The lowest BCUT2D eigenvalue weighted by molar-refractivity contribution is 0.767. The number of anilines is 2. The molecule has 1 aliphatic rings. The molecule has 1 fully saturated rings. The standard InChI is InChI=1S/C15H20N4/c1-18-12-13(11-17-18)10-16-14-4-6-15(7-5-14)19-8-2-3-9-19/h4-7,11-12,16H,2-3,8-10H2,1H3. The van der Waals surface area contributed by atoms with E-state index in [1.54, 1.807) is 0 Å². The number of aryl methyl sites for hydroxylation is 1. The van der Waals surface area contributed by atoms with Crippen molar-refractivity contribution in [1.29, 1.82) is 0 Å². The Labute approximate surface area is 114 Å². The molecule has 4 nitrogen and oxygen atoms in total. The van der Waals surface area contributed by atoms with Crippen LogP contribution < -0.4 is 10.2 Å². The van der Waals surface area contributed by atoms with Crippen LogP contribution in [0.4, 0.5) is 11.4 Å². The summed E-state index contributed by atoms with van der Waals surface area (Å²) in [6.45, 7) is 3.21. The van der Waals surface area contributed by atoms with E-state index < -0.39 is 0 Å². The van der Waals surface area contributed by atoms with Gasteiger partial charge in [0.1, 0.15) is 0 Å². The minimum Gasteiger partial charge on any atom is -0.381 e. The maximum Gasteiger partial charge on any atom is 0.0539 e. The third-order valence-corrected chi connectivity index (χ3v) is 3.59. The van der Waals surface area contributed by atoms with Gasteiger partial charge in [0, 0.05) is 49.8 Å². The Kier molecular flexibility index (Phi) is 3.40. The molecule has 0 atom stereocenters. The molecular weight excluding hydrogens is 236 g/mol. The molecule has 0 saturated carbocycles. The van der Waals surface area contributed by atoms with Crippen LogP contribution in [0.1, 0.15) is 18.4 Å². The van der Waals surface area contributed by atoms with Gasteiger partial charge in [0.15, 0.2) is 0 Å². The Morgan fingerprint density at radius 1 is 1.16 bits per heavy atom. The third-order valence-electron chi connectivity index (χ3n) is 3.59. The first-order chi connectivity index (χ1) is 9.31. The first-order valence-corrected chi connectivity index (χ1v) is 6.88. The van der Waals surface area contributed by atoms with E-state index in [0.717, 1.165) is 12.2 Å². The predicted molar refractivity (Wildman–Crippen MR) is 78.4 cm³/mol. The third kappa shape index (κ3) is 2.89. The zero-order valence-corrected chi connectivity index (χ0v) is 11.3. The average Bonchev–Trinajstić information content (AvgIpc) is 3.08. The summed E-state index contributed by atoms with van der Waals surface area (Å²) in [5.74, 6) is 0. The van der Waals surface area contributed by atoms with Gasteiger partial charge in [-0.05, 0) is 37.1 Å². The molecule has 19 heavy (non-hydrogen) atoms. The minimum absolute atomic E-state index is 0.816. The number of nitrogens with zero attached hydrogens (tertiary/aromatic N) is 3. The maximum atomic E-state index is 4.17. The van der Waals surface area contributed by atoms with E-state index in [1.165, 1.54) is 37.2 Å². The van der Waals surface area contributed by atoms with Gasteiger partial charge in [0.2, 0.25) is 0 Å². The van der Waals surface area contributed by atoms with E-state index in [1.807, 2.05) is 24.1 Å². The van der Waals surface area contributed by atoms with Crippen molar-refractivity contribution in [3.8, 4) is 0 Å². The fourth-order valence-corrected chi connectivity index (χ4v) is 2.53. The van der Waals surface area contributed by atoms with E-state index in [0.29, 0.717) is 0 Å². The first kappa shape index (κ1) is 12.1. The van der Waals surface area contributed by atoms with Gasteiger partial charge < -0.3 is 10.2 Å². The lowest BCUT2D eigenvalue weighted by Gasteiger charge is -2.17. The molecule has 0 unspecified atom stereocenters. The van der Waals surface area contributed by atoms with Gasteiger partial charge in [-0.2, -0.15) is 5.10 Å². The molecule has 0 radical (unpaired) electrons. The van der Waals surface area contributed by atoms with Gasteiger partial charge in [0.25, 0.3) is 0 Å². The summed E-state index contributed by atoms with van der Waals surface area (Å²) >= 11 is 0. The fraction of sp³-hybridized carbons (Fsp3) is 0.400. The van der Waals surface area contributed by atoms with Gasteiger partial charge in [-0.3, -0.25) is 4.68 Å². The van der Waals surface area contributed by atoms with Crippen LogP contribution >= 0.6 is 0 Å². The molecule has 2 aromatic rings.